The summed E-state index contributed by atoms with van der Waals surface area (Å²) < 4.78 is 9.98. The lowest BCUT2D eigenvalue weighted by atomic mass is 10.2. The van der Waals surface area contributed by atoms with Crippen LogP contribution in [0.4, 0.5) is 9.59 Å². The first kappa shape index (κ1) is 22.2. The van der Waals surface area contributed by atoms with Crippen molar-refractivity contribution < 1.29 is 19.1 Å². The number of nitrogens with one attached hydrogen (secondary N) is 2. The van der Waals surface area contributed by atoms with Gasteiger partial charge >= 0.3 is 12.2 Å². The summed E-state index contributed by atoms with van der Waals surface area (Å²) >= 11 is 0. The summed E-state index contributed by atoms with van der Waals surface area (Å²) in [5.74, 6) is 0.290. The molecule has 0 bridgehead atoms. The molecule has 22 heavy (non-hydrogen) atoms. The minimum atomic E-state index is -0.754. The molecule has 0 heterocycles. The Morgan fingerprint density at radius 2 is 1.36 bits per heavy atom. The third-order valence-electron chi connectivity index (χ3n) is 1.33. The van der Waals surface area contributed by atoms with E-state index >= 15 is 0 Å². The summed E-state index contributed by atoms with van der Waals surface area (Å²) in [5, 5.41) is 8.62. The van der Waals surface area contributed by atoms with Crippen molar-refractivity contribution in [1.29, 1.82) is 5.41 Å². The van der Waals surface area contributed by atoms with E-state index < -0.39 is 23.4 Å². The molecule has 0 fully saturated rings. The van der Waals surface area contributed by atoms with Crippen LogP contribution in [0.15, 0.2) is 4.99 Å². The summed E-state index contributed by atoms with van der Waals surface area (Å²) in [7, 11) is 0. The monoisotopic (exact) mass is 316 g/mol. The van der Waals surface area contributed by atoms with Crippen molar-refractivity contribution in [2.45, 2.75) is 66.6 Å². The molecule has 0 atom stereocenters. The maximum atomic E-state index is 11.4. The molecule has 0 spiro atoms. The number of ether oxygens (including phenoxy) is 2. The van der Waals surface area contributed by atoms with Gasteiger partial charge in [-0.2, -0.15) is 4.99 Å². The molecule has 0 aromatic carbocycles. The molecule has 0 aromatic heterocycles. The standard InChI is InChI=1S/C12H22N2O4.C2H6N2/c1-8(13-9(15)17-11(2,3)4)14-10(16)18-12(5,6)7;1-2(3)4/h1-7H3,(H,13,14,15,16);1H3,(H3,3,4). The second-order valence-electron chi connectivity index (χ2n) is 6.49. The van der Waals surface area contributed by atoms with Gasteiger partial charge in [-0.3, -0.25) is 10.7 Å². The van der Waals surface area contributed by atoms with Gasteiger partial charge in [-0.15, -0.1) is 0 Å². The van der Waals surface area contributed by atoms with E-state index in [1.807, 2.05) is 0 Å². The Bertz CT molecular complexity index is 427. The van der Waals surface area contributed by atoms with E-state index in [0.29, 0.717) is 0 Å². The van der Waals surface area contributed by atoms with Gasteiger partial charge in [-0.05, 0) is 55.4 Å². The summed E-state index contributed by atoms with van der Waals surface area (Å²) in [6, 6.07) is 0. The van der Waals surface area contributed by atoms with E-state index in [4.69, 9.17) is 20.6 Å². The fourth-order valence-electron chi connectivity index (χ4n) is 0.901. The maximum absolute atomic E-state index is 11.4. The molecule has 0 saturated heterocycles. The normalized spacial score (nSPS) is 11.7. The first-order chi connectivity index (χ1) is 9.62. The van der Waals surface area contributed by atoms with Crippen LogP contribution in [-0.2, 0) is 9.47 Å². The second kappa shape index (κ2) is 9.01. The van der Waals surface area contributed by atoms with Crippen LogP contribution in [-0.4, -0.2) is 35.1 Å². The number of alkyl carbamates (subject to hydrolysis) is 1. The zero-order valence-corrected chi connectivity index (χ0v) is 14.7. The Kier molecular flexibility index (Phi) is 9.08. The second-order valence-corrected chi connectivity index (χ2v) is 6.49. The Morgan fingerprint density at radius 1 is 1.00 bits per heavy atom. The van der Waals surface area contributed by atoms with Crippen LogP contribution < -0.4 is 11.1 Å². The van der Waals surface area contributed by atoms with E-state index in [9.17, 15) is 9.59 Å². The Morgan fingerprint density at radius 3 is 1.68 bits per heavy atom. The van der Waals surface area contributed by atoms with Crippen LogP contribution in [0.1, 0.15) is 55.4 Å². The predicted molar refractivity (Wildman–Crippen MR) is 86.3 cm³/mol. The van der Waals surface area contributed by atoms with E-state index in [-0.39, 0.29) is 11.7 Å². The average molecular weight is 316 g/mol. The molecule has 0 aliphatic carbocycles. The van der Waals surface area contributed by atoms with Gasteiger partial charge in [-0.25, -0.2) is 9.59 Å². The summed E-state index contributed by atoms with van der Waals surface area (Å²) in [6.45, 7) is 13.4. The van der Waals surface area contributed by atoms with Crippen molar-refractivity contribution in [3.05, 3.63) is 0 Å². The van der Waals surface area contributed by atoms with Gasteiger partial charge in [0.25, 0.3) is 0 Å². The van der Waals surface area contributed by atoms with Gasteiger partial charge in [0.2, 0.25) is 0 Å². The molecule has 0 aromatic rings. The van der Waals surface area contributed by atoms with Crippen LogP contribution >= 0.6 is 0 Å². The SMILES string of the molecule is CC(=N)N.CC(=NC(=O)OC(C)(C)C)NC(=O)OC(C)(C)C. The van der Waals surface area contributed by atoms with Gasteiger partial charge in [0, 0.05) is 0 Å². The predicted octanol–water partition coefficient (Wildman–Crippen LogP) is 2.81. The smallest absolute Gasteiger partial charge is 0.435 e. The summed E-state index contributed by atoms with van der Waals surface area (Å²) in [5.41, 5.74) is 3.48. The number of nitrogens with zero attached hydrogens (tertiary/aromatic N) is 1. The highest BCUT2D eigenvalue weighted by Gasteiger charge is 2.18. The highest BCUT2D eigenvalue weighted by molar-refractivity contribution is 5.98. The molecule has 0 radical (unpaired) electrons. The molecular formula is C14H28N4O4. The van der Waals surface area contributed by atoms with Crippen molar-refractivity contribution in [3.8, 4) is 0 Å². The van der Waals surface area contributed by atoms with Crippen LogP contribution in [0.3, 0.4) is 0 Å². The van der Waals surface area contributed by atoms with Gasteiger partial charge in [0.15, 0.2) is 0 Å². The number of hydrogen-bond acceptors (Lipinski definition) is 5. The highest BCUT2D eigenvalue weighted by Crippen LogP contribution is 2.08. The molecule has 0 aliphatic heterocycles. The van der Waals surface area contributed by atoms with E-state index in [1.165, 1.54) is 13.8 Å². The number of carbonyl (C=O) groups is 2. The molecule has 128 valence electrons. The van der Waals surface area contributed by atoms with Crippen molar-refractivity contribution >= 4 is 23.9 Å². The van der Waals surface area contributed by atoms with Gasteiger partial charge in [0.1, 0.15) is 17.0 Å². The third kappa shape index (κ3) is 20.2. The topological polar surface area (TPSA) is 127 Å². The molecule has 0 rings (SSSR count). The zero-order valence-electron chi connectivity index (χ0n) is 14.7. The fourth-order valence-corrected chi connectivity index (χ4v) is 0.901. The molecular weight excluding hydrogens is 288 g/mol. The third-order valence-corrected chi connectivity index (χ3v) is 1.33. The summed E-state index contributed by atoms with van der Waals surface area (Å²) in [6.07, 6.45) is -1.41. The van der Waals surface area contributed by atoms with Crippen LogP contribution in [0.5, 0.6) is 0 Å². The number of nitrogens with two attached hydrogens (primary N) is 1. The highest BCUT2D eigenvalue weighted by atomic mass is 16.6. The van der Waals surface area contributed by atoms with Crippen molar-refractivity contribution in [3.63, 3.8) is 0 Å². The fraction of sp³-hybridized carbons (Fsp3) is 0.714. The lowest BCUT2D eigenvalue weighted by Gasteiger charge is -2.20. The number of aliphatic imine (C=N–C) groups is 1. The van der Waals surface area contributed by atoms with Gasteiger partial charge < -0.3 is 15.2 Å². The molecule has 2 amide bonds. The quantitative estimate of drug-likeness (QED) is 0.468. The molecule has 0 unspecified atom stereocenters. The minimum Gasteiger partial charge on any atom is -0.444 e. The van der Waals surface area contributed by atoms with E-state index in [0.717, 1.165) is 0 Å². The molecule has 8 nitrogen and oxygen atoms in total. The number of rotatable bonds is 0. The Hall–Kier alpha value is -2.12. The largest absolute Gasteiger partial charge is 0.444 e. The number of amides is 2. The first-order valence-electron chi connectivity index (χ1n) is 6.71. The number of carbonyl (C=O) groups excluding carboxylic acids is 2. The average Bonchev–Trinajstić information content (AvgIpc) is 2.07. The summed E-state index contributed by atoms with van der Waals surface area (Å²) in [4.78, 5) is 26.3. The van der Waals surface area contributed by atoms with Crippen LogP contribution in [0.2, 0.25) is 0 Å². The molecule has 4 N–H and O–H groups in total. The van der Waals surface area contributed by atoms with Crippen LogP contribution in [0.25, 0.3) is 0 Å². The van der Waals surface area contributed by atoms with Crippen LogP contribution in [0, 0.1) is 5.41 Å². The number of hydrogen-bond donors (Lipinski definition) is 3. The van der Waals surface area contributed by atoms with Crippen molar-refractivity contribution in [2.24, 2.45) is 10.7 Å². The van der Waals surface area contributed by atoms with Gasteiger partial charge in [-0.1, -0.05) is 0 Å². The molecule has 8 heteroatoms. The molecule has 0 aliphatic rings. The van der Waals surface area contributed by atoms with E-state index in [1.54, 1.807) is 41.5 Å². The maximum Gasteiger partial charge on any atom is 0.435 e. The zero-order chi connectivity index (χ0) is 18.1. The minimum absolute atomic E-state index is 0.124. The lowest BCUT2D eigenvalue weighted by molar-refractivity contribution is 0.0562. The van der Waals surface area contributed by atoms with E-state index in [2.05, 4.69) is 10.3 Å². The van der Waals surface area contributed by atoms with Crippen molar-refractivity contribution in [1.82, 2.24) is 5.32 Å². The van der Waals surface area contributed by atoms with Crippen molar-refractivity contribution in [2.75, 3.05) is 0 Å². The Labute approximate surface area is 132 Å². The first-order valence-corrected chi connectivity index (χ1v) is 6.71. The lowest BCUT2D eigenvalue weighted by Crippen LogP contribution is -2.35. The van der Waals surface area contributed by atoms with Gasteiger partial charge in [0.05, 0.1) is 5.84 Å². The Balaban J connectivity index is 0. The number of amidine groups is 2. The molecule has 0 saturated carbocycles.